The fraction of sp³-hybridized carbons (Fsp3) is 0.387. The average molecular weight is 523 g/mol. The maximum Gasteiger partial charge on any atom is 0.328 e. The molecule has 0 amide bonds. The van der Waals surface area contributed by atoms with E-state index in [1.54, 1.807) is 20.1 Å². The maximum absolute atomic E-state index is 11.4. The van der Waals surface area contributed by atoms with E-state index in [1.807, 2.05) is 60.7 Å². The van der Waals surface area contributed by atoms with Crippen molar-refractivity contribution in [3.63, 3.8) is 0 Å². The van der Waals surface area contributed by atoms with E-state index in [1.165, 1.54) is 0 Å². The van der Waals surface area contributed by atoms with Crippen molar-refractivity contribution in [3.05, 3.63) is 97.1 Å². The third-order valence-electron chi connectivity index (χ3n) is 6.24. The van der Waals surface area contributed by atoms with Crippen LogP contribution in [0.1, 0.15) is 47.0 Å². The van der Waals surface area contributed by atoms with Crippen molar-refractivity contribution in [2.45, 2.75) is 70.3 Å². The zero-order valence-corrected chi connectivity index (χ0v) is 23.7. The summed E-state index contributed by atoms with van der Waals surface area (Å²) in [5, 5.41) is 20.8. The van der Waals surface area contributed by atoms with Gasteiger partial charge in [0.2, 0.25) is 0 Å². The number of aliphatic hydroxyl groups excluding tert-OH is 1. The number of carboxylic acid groups (broad SMARTS) is 1. The lowest BCUT2D eigenvalue weighted by Gasteiger charge is -2.44. The predicted molar refractivity (Wildman–Crippen MR) is 154 cm³/mol. The maximum atomic E-state index is 11.4. The third-order valence-corrected chi connectivity index (χ3v) is 11.3. The van der Waals surface area contributed by atoms with Gasteiger partial charge in [0.05, 0.1) is 18.3 Å². The lowest BCUT2D eigenvalue weighted by atomic mass is 10.1. The summed E-state index contributed by atoms with van der Waals surface area (Å²) in [5.74, 6) is -1.02. The molecule has 0 spiro atoms. The Bertz CT molecular complexity index is 983. The first-order valence-electron chi connectivity index (χ1n) is 12.9. The van der Waals surface area contributed by atoms with Crippen LogP contribution in [0.15, 0.2) is 97.1 Å². The molecular formula is C31H42O5Si. The lowest BCUT2D eigenvalue weighted by Crippen LogP contribution is -2.67. The van der Waals surface area contributed by atoms with Crippen LogP contribution >= 0.6 is 0 Å². The van der Waals surface area contributed by atoms with E-state index in [-0.39, 0.29) is 17.2 Å². The van der Waals surface area contributed by atoms with Gasteiger partial charge in [-0.1, -0.05) is 106 Å². The molecular weight excluding hydrogens is 480 g/mol. The normalized spacial score (nSPS) is 15.4. The number of unbranched alkanes of at least 4 members (excludes halogenated alkanes) is 1. The molecule has 6 heteroatoms. The number of aliphatic hydroxyl groups is 1. The molecule has 0 fully saturated rings. The number of rotatable bonds is 14. The summed E-state index contributed by atoms with van der Waals surface area (Å²) in [6.45, 7) is 8.36. The summed E-state index contributed by atoms with van der Waals surface area (Å²) < 4.78 is 12.7. The van der Waals surface area contributed by atoms with E-state index in [2.05, 4.69) is 45.0 Å². The van der Waals surface area contributed by atoms with Gasteiger partial charge in [-0.3, -0.25) is 0 Å². The van der Waals surface area contributed by atoms with Crippen LogP contribution < -0.4 is 10.4 Å². The second kappa shape index (κ2) is 14.8. The summed E-state index contributed by atoms with van der Waals surface area (Å²) in [6, 6.07) is 20.5. The van der Waals surface area contributed by atoms with Crippen LogP contribution in [0.4, 0.5) is 0 Å². The first-order chi connectivity index (χ1) is 17.6. The van der Waals surface area contributed by atoms with Gasteiger partial charge in [-0.15, -0.1) is 0 Å². The van der Waals surface area contributed by atoms with Gasteiger partial charge in [0, 0.05) is 13.2 Å². The molecule has 0 radical (unpaired) electrons. The zero-order valence-electron chi connectivity index (χ0n) is 22.7. The minimum Gasteiger partial charge on any atom is -0.478 e. The molecule has 3 atom stereocenters. The van der Waals surface area contributed by atoms with Crippen molar-refractivity contribution in [3.8, 4) is 0 Å². The van der Waals surface area contributed by atoms with Gasteiger partial charge >= 0.3 is 5.97 Å². The van der Waals surface area contributed by atoms with E-state index in [4.69, 9.17) is 9.16 Å². The number of allylic oxidation sites excluding steroid dienone is 1. The topological polar surface area (TPSA) is 76.0 Å². The Morgan fingerprint density at radius 3 is 1.92 bits per heavy atom. The summed E-state index contributed by atoms with van der Waals surface area (Å²) in [6.07, 6.45) is 11.9. The molecule has 0 aliphatic carbocycles. The highest BCUT2D eigenvalue weighted by Crippen LogP contribution is 2.37. The van der Waals surface area contributed by atoms with Gasteiger partial charge in [0.25, 0.3) is 8.32 Å². The minimum absolute atomic E-state index is 0.247. The Morgan fingerprint density at radius 2 is 1.46 bits per heavy atom. The molecule has 0 unspecified atom stereocenters. The summed E-state index contributed by atoms with van der Waals surface area (Å²) >= 11 is 0. The van der Waals surface area contributed by atoms with Crippen LogP contribution in [0.25, 0.3) is 0 Å². The molecule has 2 rings (SSSR count). The Hall–Kier alpha value is -2.77. The third kappa shape index (κ3) is 9.24. The van der Waals surface area contributed by atoms with Gasteiger partial charge in [-0.2, -0.15) is 0 Å². The fourth-order valence-corrected chi connectivity index (χ4v) is 9.00. The highest BCUT2D eigenvalue weighted by molar-refractivity contribution is 6.99. The first-order valence-corrected chi connectivity index (χ1v) is 14.8. The standard InChI is InChI=1S/C31H42O5Si/c1-25(32)15-9-6-10-16-26(35-5)21-22-27(23-24-30(33)34)36-37(31(2,3)4,28-17-11-7-12-18-28)29-19-13-8-14-20-29/h7-8,10-14,16-27,32H,6,9,15H2,1-5H3,(H,33,34)/b16-10-,22-21-,24-23+/t25-,26+,27+/m1/s1. The molecule has 0 aliphatic rings. The number of carboxylic acids is 1. The number of hydrogen-bond donors (Lipinski definition) is 2. The highest BCUT2D eigenvalue weighted by Gasteiger charge is 2.51. The van der Waals surface area contributed by atoms with Gasteiger partial charge in [0.15, 0.2) is 0 Å². The number of methoxy groups -OCH3 is 1. The van der Waals surface area contributed by atoms with E-state index in [0.29, 0.717) is 0 Å². The monoisotopic (exact) mass is 522 g/mol. The van der Waals surface area contributed by atoms with Gasteiger partial charge in [0.1, 0.15) is 0 Å². The largest absolute Gasteiger partial charge is 0.478 e. The van der Waals surface area contributed by atoms with Crippen LogP contribution in [0.5, 0.6) is 0 Å². The second-order valence-electron chi connectivity index (χ2n) is 10.2. The number of benzene rings is 2. The minimum atomic E-state index is -2.89. The Morgan fingerprint density at radius 1 is 0.919 bits per heavy atom. The summed E-state index contributed by atoms with van der Waals surface area (Å²) in [4.78, 5) is 11.4. The molecule has 200 valence electrons. The van der Waals surface area contributed by atoms with Crippen LogP contribution in [0, 0.1) is 0 Å². The molecule has 2 N–H and O–H groups in total. The quantitative estimate of drug-likeness (QED) is 0.153. The lowest BCUT2D eigenvalue weighted by molar-refractivity contribution is -0.131. The average Bonchev–Trinajstić information content (AvgIpc) is 2.86. The Kier molecular flexibility index (Phi) is 12.2. The molecule has 0 heterocycles. The number of hydrogen-bond acceptors (Lipinski definition) is 4. The molecule has 0 saturated heterocycles. The van der Waals surface area contributed by atoms with Crippen molar-refractivity contribution < 1.29 is 24.2 Å². The fourth-order valence-electron chi connectivity index (χ4n) is 4.42. The van der Waals surface area contributed by atoms with Gasteiger partial charge in [-0.05, 0) is 47.7 Å². The van der Waals surface area contributed by atoms with Crippen molar-refractivity contribution in [1.82, 2.24) is 0 Å². The van der Waals surface area contributed by atoms with Crippen molar-refractivity contribution in [2.75, 3.05) is 7.11 Å². The van der Waals surface area contributed by atoms with Crippen LogP contribution in [0.2, 0.25) is 5.04 Å². The molecule has 5 nitrogen and oxygen atoms in total. The smallest absolute Gasteiger partial charge is 0.328 e. The van der Waals surface area contributed by atoms with Crippen molar-refractivity contribution in [2.24, 2.45) is 0 Å². The molecule has 2 aromatic rings. The molecule has 2 aromatic carbocycles. The van der Waals surface area contributed by atoms with E-state index < -0.39 is 20.4 Å². The van der Waals surface area contributed by atoms with Crippen LogP contribution in [-0.4, -0.2) is 49.9 Å². The van der Waals surface area contributed by atoms with E-state index in [9.17, 15) is 15.0 Å². The Balaban J connectivity index is 2.47. The number of aliphatic carboxylic acids is 1. The van der Waals surface area contributed by atoms with E-state index >= 15 is 0 Å². The Labute approximate surface area is 223 Å². The summed E-state index contributed by atoms with van der Waals surface area (Å²) in [5.41, 5.74) is 0. The molecule has 37 heavy (non-hydrogen) atoms. The SMILES string of the molecule is CO[C@@H](/C=C\CCC[C@@H](C)O)/C=C\[C@@H](/C=C/C(=O)O)O[Si](c1ccccc1)(c1ccccc1)C(C)(C)C. The predicted octanol–water partition coefficient (Wildman–Crippen LogP) is 5.25. The molecule has 0 aliphatic heterocycles. The first kappa shape index (κ1) is 30.5. The number of ether oxygens (including phenoxy) is 1. The van der Waals surface area contributed by atoms with Gasteiger partial charge < -0.3 is 19.4 Å². The zero-order chi connectivity index (χ0) is 27.3. The molecule has 0 saturated carbocycles. The number of carbonyl (C=O) groups is 1. The van der Waals surface area contributed by atoms with Crippen molar-refractivity contribution in [1.29, 1.82) is 0 Å². The molecule has 0 aromatic heterocycles. The molecule has 0 bridgehead atoms. The van der Waals surface area contributed by atoms with Crippen LogP contribution in [-0.2, 0) is 14.0 Å². The summed E-state index contributed by atoms with van der Waals surface area (Å²) in [7, 11) is -1.25. The second-order valence-corrected chi connectivity index (χ2v) is 14.5. The van der Waals surface area contributed by atoms with Crippen molar-refractivity contribution >= 4 is 24.7 Å². The highest BCUT2D eigenvalue weighted by atomic mass is 28.4. The van der Waals surface area contributed by atoms with Gasteiger partial charge in [-0.25, -0.2) is 4.79 Å². The van der Waals surface area contributed by atoms with Crippen LogP contribution in [0.3, 0.4) is 0 Å². The van der Waals surface area contributed by atoms with E-state index in [0.717, 1.165) is 35.7 Å².